The first-order valence-corrected chi connectivity index (χ1v) is 10.3. The highest BCUT2D eigenvalue weighted by molar-refractivity contribution is 7.16. The number of amides is 1. The Kier molecular flexibility index (Phi) is 5.37. The van der Waals surface area contributed by atoms with Gasteiger partial charge in [0.1, 0.15) is 5.01 Å². The van der Waals surface area contributed by atoms with E-state index in [1.54, 1.807) is 18.2 Å². The van der Waals surface area contributed by atoms with Crippen LogP contribution >= 0.6 is 34.5 Å². The van der Waals surface area contributed by atoms with Crippen molar-refractivity contribution >= 4 is 51.1 Å². The zero-order valence-corrected chi connectivity index (χ0v) is 17.3. The number of benzene rings is 1. The van der Waals surface area contributed by atoms with Crippen LogP contribution in [0.4, 0.5) is 5.69 Å². The van der Waals surface area contributed by atoms with Gasteiger partial charge in [-0.2, -0.15) is 9.61 Å². The molecule has 0 radical (unpaired) electrons. The smallest absolute Gasteiger partial charge is 0.275 e. The van der Waals surface area contributed by atoms with Gasteiger partial charge in [-0.3, -0.25) is 14.5 Å². The van der Waals surface area contributed by atoms with Gasteiger partial charge in [0.2, 0.25) is 10.9 Å². The van der Waals surface area contributed by atoms with Crippen LogP contribution in [0.5, 0.6) is 0 Å². The van der Waals surface area contributed by atoms with Crippen LogP contribution in [0.25, 0.3) is 4.96 Å². The monoisotopic (exact) mass is 437 g/mol. The van der Waals surface area contributed by atoms with E-state index in [0.717, 1.165) is 24.4 Å². The lowest BCUT2D eigenvalue weighted by atomic mass is 10.2. The standard InChI is InChI=1S/C18H17Cl2N5O2S/c1-10-23-25-16(26)8-14(22-18(25)28-10)9-24-4-2-3-15(24)17(27)21-13-6-11(19)5-12(20)7-13/h5-8,15H,2-4,9H2,1H3,(H,21,27). The second-order valence-electron chi connectivity index (χ2n) is 6.68. The lowest BCUT2D eigenvalue weighted by Gasteiger charge is -2.23. The first-order valence-electron chi connectivity index (χ1n) is 8.76. The van der Waals surface area contributed by atoms with Gasteiger partial charge in [-0.05, 0) is 44.5 Å². The molecule has 3 aromatic rings. The Labute approximate surface area is 174 Å². The van der Waals surface area contributed by atoms with Gasteiger partial charge in [0, 0.05) is 28.3 Å². The Bertz CT molecular complexity index is 1090. The van der Waals surface area contributed by atoms with E-state index in [2.05, 4.69) is 15.4 Å². The molecule has 1 atom stereocenters. The summed E-state index contributed by atoms with van der Waals surface area (Å²) in [5.41, 5.74) is 0.990. The molecule has 0 spiro atoms. The van der Waals surface area contributed by atoms with Crippen LogP contribution in [-0.2, 0) is 11.3 Å². The van der Waals surface area contributed by atoms with Crippen molar-refractivity contribution in [1.29, 1.82) is 0 Å². The highest BCUT2D eigenvalue weighted by Gasteiger charge is 2.31. The van der Waals surface area contributed by atoms with Gasteiger partial charge in [-0.1, -0.05) is 34.5 Å². The Balaban J connectivity index is 1.52. The minimum atomic E-state index is -0.304. The number of rotatable bonds is 4. The largest absolute Gasteiger partial charge is 0.325 e. The fourth-order valence-electron chi connectivity index (χ4n) is 3.40. The van der Waals surface area contributed by atoms with E-state index in [9.17, 15) is 9.59 Å². The number of carbonyl (C=O) groups is 1. The molecule has 7 nitrogen and oxygen atoms in total. The number of aromatic nitrogens is 3. The molecule has 1 aliphatic heterocycles. The van der Waals surface area contributed by atoms with E-state index in [0.29, 0.717) is 32.9 Å². The summed E-state index contributed by atoms with van der Waals surface area (Å²) in [6, 6.07) is 6.11. The number of nitrogens with zero attached hydrogens (tertiary/aromatic N) is 4. The van der Waals surface area contributed by atoms with Gasteiger partial charge in [0.25, 0.3) is 5.56 Å². The molecule has 1 aromatic carbocycles. The van der Waals surface area contributed by atoms with Crippen molar-refractivity contribution in [3.63, 3.8) is 0 Å². The predicted molar refractivity (Wildman–Crippen MR) is 110 cm³/mol. The first-order chi connectivity index (χ1) is 13.4. The highest BCUT2D eigenvalue weighted by atomic mass is 35.5. The van der Waals surface area contributed by atoms with Crippen molar-refractivity contribution in [2.75, 3.05) is 11.9 Å². The average molecular weight is 438 g/mol. The first kappa shape index (κ1) is 19.3. The molecule has 28 heavy (non-hydrogen) atoms. The molecule has 0 saturated carbocycles. The fraction of sp³-hybridized carbons (Fsp3) is 0.333. The number of nitrogens with one attached hydrogen (secondary N) is 1. The van der Waals surface area contributed by atoms with Crippen LogP contribution in [0.2, 0.25) is 10.0 Å². The SMILES string of the molecule is Cc1nn2c(=O)cc(CN3CCCC3C(=O)Nc3cc(Cl)cc(Cl)c3)nc2s1. The quantitative estimate of drug-likeness (QED) is 0.676. The number of likely N-dealkylation sites (tertiary alicyclic amines) is 1. The Morgan fingerprint density at radius 2 is 2.04 bits per heavy atom. The zero-order chi connectivity index (χ0) is 19.8. The third kappa shape index (κ3) is 4.05. The molecule has 1 unspecified atom stereocenters. The Morgan fingerprint density at radius 1 is 1.29 bits per heavy atom. The molecule has 0 aliphatic carbocycles. The maximum absolute atomic E-state index is 12.8. The maximum atomic E-state index is 12.8. The summed E-state index contributed by atoms with van der Waals surface area (Å²) in [6.07, 6.45) is 1.64. The summed E-state index contributed by atoms with van der Waals surface area (Å²) in [6.45, 7) is 3.02. The summed E-state index contributed by atoms with van der Waals surface area (Å²) in [7, 11) is 0. The fourth-order valence-corrected chi connectivity index (χ4v) is 4.70. The summed E-state index contributed by atoms with van der Waals surface area (Å²) < 4.78 is 1.31. The zero-order valence-electron chi connectivity index (χ0n) is 15.0. The Morgan fingerprint density at radius 3 is 2.79 bits per heavy atom. The number of halogens is 2. The molecule has 0 bridgehead atoms. The van der Waals surface area contributed by atoms with Crippen LogP contribution in [0, 0.1) is 6.92 Å². The summed E-state index contributed by atoms with van der Waals surface area (Å²) in [4.78, 5) is 32.2. The van der Waals surface area contributed by atoms with E-state index in [4.69, 9.17) is 23.2 Å². The number of anilines is 1. The highest BCUT2D eigenvalue weighted by Crippen LogP contribution is 2.25. The van der Waals surface area contributed by atoms with Crippen molar-refractivity contribution in [3.8, 4) is 0 Å². The van der Waals surface area contributed by atoms with Crippen molar-refractivity contribution in [3.05, 3.63) is 55.4 Å². The maximum Gasteiger partial charge on any atom is 0.275 e. The van der Waals surface area contributed by atoms with E-state index in [1.165, 1.54) is 21.9 Å². The minimum Gasteiger partial charge on any atom is -0.325 e. The van der Waals surface area contributed by atoms with Crippen molar-refractivity contribution < 1.29 is 4.79 Å². The molecule has 146 valence electrons. The van der Waals surface area contributed by atoms with Crippen molar-refractivity contribution in [2.24, 2.45) is 0 Å². The molecule has 3 heterocycles. The predicted octanol–water partition coefficient (Wildman–Crippen LogP) is 3.37. The number of hydrogen-bond donors (Lipinski definition) is 1. The van der Waals surface area contributed by atoms with Gasteiger partial charge >= 0.3 is 0 Å². The van der Waals surface area contributed by atoms with Gasteiger partial charge in [-0.15, -0.1) is 0 Å². The summed E-state index contributed by atoms with van der Waals surface area (Å²) in [5, 5.41) is 8.73. The second kappa shape index (κ2) is 7.79. The number of fused-ring (bicyclic) bond motifs is 1. The van der Waals surface area contributed by atoms with Gasteiger partial charge in [0.05, 0.1) is 11.7 Å². The van der Waals surface area contributed by atoms with Gasteiger partial charge in [-0.25, -0.2) is 4.98 Å². The van der Waals surface area contributed by atoms with E-state index < -0.39 is 0 Å². The number of hydrogen-bond acceptors (Lipinski definition) is 6. The van der Waals surface area contributed by atoms with E-state index >= 15 is 0 Å². The number of carbonyl (C=O) groups excluding carboxylic acids is 1. The molecular weight excluding hydrogens is 421 g/mol. The lowest BCUT2D eigenvalue weighted by molar-refractivity contribution is -0.120. The van der Waals surface area contributed by atoms with Crippen LogP contribution in [-0.4, -0.2) is 38.0 Å². The molecule has 2 aromatic heterocycles. The molecular formula is C18H17Cl2N5O2S. The van der Waals surface area contributed by atoms with Crippen molar-refractivity contribution in [2.45, 2.75) is 32.4 Å². The van der Waals surface area contributed by atoms with E-state index in [1.807, 2.05) is 11.8 Å². The molecule has 10 heteroatoms. The Hall–Kier alpha value is -2.00. The third-order valence-electron chi connectivity index (χ3n) is 4.56. The molecule has 1 aliphatic rings. The second-order valence-corrected chi connectivity index (χ2v) is 8.71. The molecule has 1 saturated heterocycles. The topological polar surface area (TPSA) is 79.6 Å². The van der Waals surface area contributed by atoms with Crippen LogP contribution < -0.4 is 10.9 Å². The van der Waals surface area contributed by atoms with Gasteiger partial charge in [0.15, 0.2) is 0 Å². The summed E-state index contributed by atoms with van der Waals surface area (Å²) >= 11 is 13.4. The molecule has 1 N–H and O–H groups in total. The number of aryl methyl sites for hydroxylation is 1. The van der Waals surface area contributed by atoms with Gasteiger partial charge < -0.3 is 5.32 Å². The third-order valence-corrected chi connectivity index (χ3v) is 5.82. The molecule has 1 amide bonds. The lowest BCUT2D eigenvalue weighted by Crippen LogP contribution is -2.39. The van der Waals surface area contributed by atoms with Crippen LogP contribution in [0.15, 0.2) is 29.1 Å². The van der Waals surface area contributed by atoms with Crippen molar-refractivity contribution in [1.82, 2.24) is 19.5 Å². The van der Waals surface area contributed by atoms with Crippen LogP contribution in [0.1, 0.15) is 23.5 Å². The molecule has 4 rings (SSSR count). The normalized spacial score (nSPS) is 17.3. The average Bonchev–Trinajstić information content (AvgIpc) is 3.20. The summed E-state index contributed by atoms with van der Waals surface area (Å²) in [5.74, 6) is -0.123. The molecule has 1 fully saturated rings. The van der Waals surface area contributed by atoms with Crippen LogP contribution in [0.3, 0.4) is 0 Å². The minimum absolute atomic E-state index is 0.123. The van der Waals surface area contributed by atoms with E-state index in [-0.39, 0.29) is 17.5 Å².